The number of likely N-dealkylation sites (tertiary alicyclic amines) is 1. The van der Waals surface area contributed by atoms with Crippen LogP contribution >= 0.6 is 11.6 Å². The van der Waals surface area contributed by atoms with Crippen LogP contribution in [0, 0.1) is 0 Å². The molecule has 3 rings (SSSR count). The minimum atomic E-state index is -0.175. The van der Waals surface area contributed by atoms with Gasteiger partial charge < -0.3 is 20.9 Å². The van der Waals surface area contributed by atoms with E-state index in [4.69, 9.17) is 11.6 Å². The van der Waals surface area contributed by atoms with Crippen LogP contribution in [-0.4, -0.2) is 42.5 Å². The molecule has 0 spiro atoms. The standard InChI is InChI=1S/C21H25ClN4O2/c22-16-5-4-8-19(15-16)23-20(27)11-14-26-12-9-18(10-13-26)25-21(28)24-17-6-2-1-3-7-17/h1-8,15,18H,9-14H2,(H,23,27)(H2,24,25,28). The van der Waals surface area contributed by atoms with E-state index in [0.29, 0.717) is 23.7 Å². The summed E-state index contributed by atoms with van der Waals surface area (Å²) in [6.07, 6.45) is 2.18. The monoisotopic (exact) mass is 400 g/mol. The minimum Gasteiger partial charge on any atom is -0.335 e. The Morgan fingerprint density at radius 3 is 2.39 bits per heavy atom. The van der Waals surface area contributed by atoms with E-state index in [0.717, 1.165) is 31.6 Å². The molecule has 0 saturated carbocycles. The molecular formula is C21H25ClN4O2. The van der Waals surface area contributed by atoms with E-state index in [1.165, 1.54) is 0 Å². The molecule has 3 amide bonds. The number of para-hydroxylation sites is 1. The van der Waals surface area contributed by atoms with Gasteiger partial charge in [0.15, 0.2) is 0 Å². The average molecular weight is 401 g/mol. The summed E-state index contributed by atoms with van der Waals surface area (Å²) in [6.45, 7) is 2.43. The predicted molar refractivity (Wildman–Crippen MR) is 113 cm³/mol. The number of rotatable bonds is 6. The van der Waals surface area contributed by atoms with Crippen molar-refractivity contribution in [3.8, 4) is 0 Å². The predicted octanol–water partition coefficient (Wildman–Crippen LogP) is 3.95. The smallest absolute Gasteiger partial charge is 0.319 e. The van der Waals surface area contributed by atoms with E-state index in [9.17, 15) is 9.59 Å². The Bertz CT molecular complexity index is 792. The first kappa shape index (κ1) is 20.2. The summed E-state index contributed by atoms with van der Waals surface area (Å²) < 4.78 is 0. The topological polar surface area (TPSA) is 73.5 Å². The van der Waals surface area contributed by atoms with Gasteiger partial charge in [0.1, 0.15) is 0 Å². The number of anilines is 2. The van der Waals surface area contributed by atoms with Crippen LogP contribution in [0.4, 0.5) is 16.2 Å². The molecule has 148 valence electrons. The molecule has 3 N–H and O–H groups in total. The van der Waals surface area contributed by atoms with Crippen LogP contribution in [0.25, 0.3) is 0 Å². The highest BCUT2D eigenvalue weighted by Gasteiger charge is 2.21. The van der Waals surface area contributed by atoms with Crippen LogP contribution in [0.5, 0.6) is 0 Å². The lowest BCUT2D eigenvalue weighted by atomic mass is 10.1. The van der Waals surface area contributed by atoms with Crippen molar-refractivity contribution in [1.29, 1.82) is 0 Å². The van der Waals surface area contributed by atoms with Crippen molar-refractivity contribution in [2.45, 2.75) is 25.3 Å². The lowest BCUT2D eigenvalue weighted by molar-refractivity contribution is -0.116. The van der Waals surface area contributed by atoms with Gasteiger partial charge in [0, 0.05) is 48.5 Å². The number of piperidine rings is 1. The second-order valence-corrected chi connectivity index (χ2v) is 7.33. The van der Waals surface area contributed by atoms with Gasteiger partial charge in [0.05, 0.1) is 0 Å². The molecule has 1 fully saturated rings. The third kappa shape index (κ3) is 6.55. The van der Waals surface area contributed by atoms with Gasteiger partial charge in [-0.15, -0.1) is 0 Å². The van der Waals surface area contributed by atoms with Gasteiger partial charge in [-0.2, -0.15) is 0 Å². The Morgan fingerprint density at radius 1 is 0.964 bits per heavy atom. The molecule has 6 nitrogen and oxygen atoms in total. The van der Waals surface area contributed by atoms with Crippen LogP contribution in [0.3, 0.4) is 0 Å². The normalized spacial score (nSPS) is 15.0. The molecule has 1 aliphatic rings. The van der Waals surface area contributed by atoms with Crippen LogP contribution in [0.1, 0.15) is 19.3 Å². The molecule has 1 saturated heterocycles. The second-order valence-electron chi connectivity index (χ2n) is 6.89. The van der Waals surface area contributed by atoms with Crippen molar-refractivity contribution in [3.05, 3.63) is 59.6 Å². The number of benzene rings is 2. The van der Waals surface area contributed by atoms with Gasteiger partial charge in [-0.25, -0.2) is 4.79 Å². The van der Waals surface area contributed by atoms with Crippen molar-refractivity contribution in [2.75, 3.05) is 30.3 Å². The maximum atomic E-state index is 12.1. The third-order valence-corrected chi connectivity index (χ3v) is 4.95. The van der Waals surface area contributed by atoms with E-state index in [2.05, 4.69) is 20.9 Å². The summed E-state index contributed by atoms with van der Waals surface area (Å²) in [4.78, 5) is 26.4. The van der Waals surface area contributed by atoms with E-state index in [-0.39, 0.29) is 18.0 Å². The molecule has 0 radical (unpaired) electrons. The van der Waals surface area contributed by atoms with Crippen LogP contribution in [0.2, 0.25) is 5.02 Å². The molecule has 0 atom stereocenters. The molecule has 28 heavy (non-hydrogen) atoms. The molecular weight excluding hydrogens is 376 g/mol. The van der Waals surface area contributed by atoms with E-state index < -0.39 is 0 Å². The fraction of sp³-hybridized carbons (Fsp3) is 0.333. The summed E-state index contributed by atoms with van der Waals surface area (Å²) in [6, 6.07) is 16.5. The highest BCUT2D eigenvalue weighted by atomic mass is 35.5. The number of carbonyl (C=O) groups excluding carboxylic acids is 2. The molecule has 1 aliphatic heterocycles. The summed E-state index contributed by atoms with van der Waals surface area (Å²) in [5.41, 5.74) is 1.49. The first-order valence-corrected chi connectivity index (χ1v) is 9.86. The average Bonchev–Trinajstić information content (AvgIpc) is 2.68. The van der Waals surface area contributed by atoms with Crippen molar-refractivity contribution in [3.63, 3.8) is 0 Å². The van der Waals surface area contributed by atoms with Gasteiger partial charge >= 0.3 is 6.03 Å². The summed E-state index contributed by atoms with van der Waals surface area (Å²) >= 11 is 5.93. The quantitative estimate of drug-likeness (QED) is 0.687. The van der Waals surface area contributed by atoms with Crippen molar-refractivity contribution >= 4 is 34.9 Å². The molecule has 0 aliphatic carbocycles. The zero-order valence-corrected chi connectivity index (χ0v) is 16.4. The van der Waals surface area contributed by atoms with Crippen molar-refractivity contribution in [1.82, 2.24) is 10.2 Å². The molecule has 0 aromatic heterocycles. The lowest BCUT2D eigenvalue weighted by Crippen LogP contribution is -2.46. The summed E-state index contributed by atoms with van der Waals surface area (Å²) in [5.74, 6) is -0.0234. The number of amides is 3. The maximum absolute atomic E-state index is 12.1. The van der Waals surface area contributed by atoms with Gasteiger partial charge in [0.2, 0.25) is 5.91 Å². The lowest BCUT2D eigenvalue weighted by Gasteiger charge is -2.32. The molecule has 1 heterocycles. The van der Waals surface area contributed by atoms with Gasteiger partial charge in [-0.1, -0.05) is 35.9 Å². The first-order chi connectivity index (χ1) is 13.6. The Kier molecular flexibility index (Phi) is 7.28. The van der Waals surface area contributed by atoms with Gasteiger partial charge in [0.25, 0.3) is 0 Å². The van der Waals surface area contributed by atoms with Gasteiger partial charge in [-0.3, -0.25) is 4.79 Å². The molecule has 7 heteroatoms. The van der Waals surface area contributed by atoms with Crippen LogP contribution < -0.4 is 16.0 Å². The highest BCUT2D eigenvalue weighted by Crippen LogP contribution is 2.16. The number of urea groups is 1. The highest BCUT2D eigenvalue weighted by molar-refractivity contribution is 6.30. The first-order valence-electron chi connectivity index (χ1n) is 9.49. The Balaban J connectivity index is 1.33. The van der Waals surface area contributed by atoms with Crippen molar-refractivity contribution < 1.29 is 9.59 Å². The molecule has 0 unspecified atom stereocenters. The van der Waals surface area contributed by atoms with Gasteiger partial charge in [-0.05, 0) is 43.2 Å². The number of nitrogens with one attached hydrogen (secondary N) is 3. The minimum absolute atomic E-state index is 0.0234. The molecule has 0 bridgehead atoms. The fourth-order valence-corrected chi connectivity index (χ4v) is 3.41. The number of hydrogen-bond donors (Lipinski definition) is 3. The second kappa shape index (κ2) is 10.1. The number of nitrogens with zero attached hydrogens (tertiary/aromatic N) is 1. The number of carbonyl (C=O) groups is 2. The third-order valence-electron chi connectivity index (χ3n) is 4.72. The zero-order chi connectivity index (χ0) is 19.8. The molecule has 2 aromatic carbocycles. The maximum Gasteiger partial charge on any atom is 0.319 e. The van der Waals surface area contributed by atoms with Crippen LogP contribution in [0.15, 0.2) is 54.6 Å². The Hall–Kier alpha value is -2.57. The fourth-order valence-electron chi connectivity index (χ4n) is 3.22. The number of hydrogen-bond acceptors (Lipinski definition) is 3. The molecule has 2 aromatic rings. The van der Waals surface area contributed by atoms with Crippen LogP contribution in [-0.2, 0) is 4.79 Å². The van der Waals surface area contributed by atoms with E-state index >= 15 is 0 Å². The summed E-state index contributed by atoms with van der Waals surface area (Å²) in [5, 5.41) is 9.33. The SMILES string of the molecule is O=C(CCN1CCC(NC(=O)Nc2ccccc2)CC1)Nc1cccc(Cl)c1. The number of halogens is 1. The van der Waals surface area contributed by atoms with E-state index in [1.807, 2.05) is 42.5 Å². The Morgan fingerprint density at radius 2 is 1.68 bits per heavy atom. The largest absolute Gasteiger partial charge is 0.335 e. The zero-order valence-electron chi connectivity index (χ0n) is 15.7. The van der Waals surface area contributed by atoms with E-state index in [1.54, 1.807) is 12.1 Å². The van der Waals surface area contributed by atoms with Crippen molar-refractivity contribution in [2.24, 2.45) is 0 Å². The Labute approximate surface area is 170 Å². The summed E-state index contributed by atoms with van der Waals surface area (Å²) in [7, 11) is 0.